The topological polar surface area (TPSA) is 76.1 Å². The van der Waals surface area contributed by atoms with Gasteiger partial charge in [0.05, 0.1) is 24.6 Å². The number of phenolic OH excluding ortho intramolecular Hbond substituents is 1. The van der Waals surface area contributed by atoms with Gasteiger partial charge in [-0.1, -0.05) is 0 Å². The Kier molecular flexibility index (Phi) is 7.18. The summed E-state index contributed by atoms with van der Waals surface area (Å²) in [5, 5.41) is 9.65. The number of halogens is 1. The normalized spacial score (nSPS) is 10.2. The second kappa shape index (κ2) is 8.63. The van der Waals surface area contributed by atoms with Gasteiger partial charge in [-0.15, -0.1) is 0 Å². The molecule has 0 aliphatic carbocycles. The van der Waals surface area contributed by atoms with Gasteiger partial charge >= 0.3 is 5.97 Å². The van der Waals surface area contributed by atoms with Crippen LogP contribution in [0.1, 0.15) is 16.8 Å². The second-order valence-corrected chi connectivity index (χ2v) is 5.13. The Morgan fingerprint density at radius 3 is 2.57 bits per heavy atom. The molecule has 0 aliphatic rings. The molecule has 0 bridgehead atoms. The van der Waals surface area contributed by atoms with Crippen LogP contribution in [0.3, 0.4) is 0 Å². The molecule has 0 aliphatic heterocycles. The number of nitrogens with zero attached hydrogens (tertiary/aromatic N) is 1. The van der Waals surface area contributed by atoms with Crippen molar-refractivity contribution in [3.63, 3.8) is 0 Å². The molecule has 0 unspecified atom stereocenters. The van der Waals surface area contributed by atoms with E-state index in [1.54, 1.807) is 12.1 Å². The number of esters is 1. The Morgan fingerprint density at radius 2 is 2.00 bits per heavy atom. The molecule has 1 N–H and O–H groups in total. The standard InChI is InChI=1S/C14H18BrNO5/c1-20-8-7-16(6-5-13(18)21-2)14(19)10-3-4-11(15)12(17)9-10/h3-4,9,17H,5-8H2,1-2H3. The molecule has 0 fully saturated rings. The van der Waals surface area contributed by atoms with E-state index in [0.717, 1.165) is 0 Å². The Labute approximate surface area is 131 Å². The number of amides is 1. The molecular weight excluding hydrogens is 342 g/mol. The van der Waals surface area contributed by atoms with Crippen LogP contribution in [0.2, 0.25) is 0 Å². The maximum Gasteiger partial charge on any atom is 0.307 e. The number of benzene rings is 1. The molecule has 0 aromatic heterocycles. The molecule has 7 heteroatoms. The average molecular weight is 360 g/mol. The van der Waals surface area contributed by atoms with Gasteiger partial charge < -0.3 is 19.5 Å². The molecule has 6 nitrogen and oxygen atoms in total. The number of hydrogen-bond acceptors (Lipinski definition) is 5. The highest BCUT2D eigenvalue weighted by Crippen LogP contribution is 2.24. The molecule has 0 saturated carbocycles. The molecule has 116 valence electrons. The van der Waals surface area contributed by atoms with E-state index in [2.05, 4.69) is 20.7 Å². The Morgan fingerprint density at radius 1 is 1.29 bits per heavy atom. The summed E-state index contributed by atoms with van der Waals surface area (Å²) in [7, 11) is 2.84. The first-order chi connectivity index (χ1) is 9.99. The third-order valence-corrected chi connectivity index (χ3v) is 3.53. The van der Waals surface area contributed by atoms with Crippen molar-refractivity contribution >= 4 is 27.8 Å². The molecule has 0 heterocycles. The fourth-order valence-electron chi connectivity index (χ4n) is 1.67. The van der Waals surface area contributed by atoms with Gasteiger partial charge in [0.15, 0.2) is 0 Å². The van der Waals surface area contributed by atoms with E-state index in [-0.39, 0.29) is 30.6 Å². The molecule has 21 heavy (non-hydrogen) atoms. The van der Waals surface area contributed by atoms with Crippen molar-refractivity contribution in [1.82, 2.24) is 4.90 Å². The predicted molar refractivity (Wildman–Crippen MR) is 80.2 cm³/mol. The SMILES string of the molecule is COCCN(CCC(=O)OC)C(=O)c1ccc(Br)c(O)c1. The van der Waals surface area contributed by atoms with Gasteiger partial charge in [-0.05, 0) is 34.1 Å². The quantitative estimate of drug-likeness (QED) is 0.751. The van der Waals surface area contributed by atoms with Gasteiger partial charge in [-0.25, -0.2) is 0 Å². The first-order valence-corrected chi connectivity index (χ1v) is 7.12. The van der Waals surface area contributed by atoms with E-state index >= 15 is 0 Å². The molecule has 0 spiro atoms. The molecular formula is C14H18BrNO5. The molecule has 1 rings (SSSR count). The van der Waals surface area contributed by atoms with E-state index in [1.165, 1.54) is 25.2 Å². The lowest BCUT2D eigenvalue weighted by atomic mass is 10.2. The minimum Gasteiger partial charge on any atom is -0.507 e. The highest BCUT2D eigenvalue weighted by Gasteiger charge is 2.18. The largest absolute Gasteiger partial charge is 0.507 e. The zero-order valence-electron chi connectivity index (χ0n) is 12.0. The zero-order chi connectivity index (χ0) is 15.8. The summed E-state index contributed by atoms with van der Waals surface area (Å²) < 4.78 is 10.0. The van der Waals surface area contributed by atoms with Crippen LogP contribution in [-0.2, 0) is 14.3 Å². The minimum absolute atomic E-state index is 0.0134. The average Bonchev–Trinajstić information content (AvgIpc) is 2.49. The van der Waals surface area contributed by atoms with Gasteiger partial charge in [-0.3, -0.25) is 9.59 Å². The van der Waals surface area contributed by atoms with Crippen LogP contribution in [0, 0.1) is 0 Å². The van der Waals surface area contributed by atoms with Crippen LogP contribution < -0.4 is 0 Å². The fourth-order valence-corrected chi connectivity index (χ4v) is 1.92. The van der Waals surface area contributed by atoms with Crippen LogP contribution in [0.25, 0.3) is 0 Å². The molecule has 0 atom stereocenters. The number of ether oxygens (including phenoxy) is 2. The third kappa shape index (κ3) is 5.35. The van der Waals surface area contributed by atoms with Crippen LogP contribution in [0.15, 0.2) is 22.7 Å². The van der Waals surface area contributed by atoms with E-state index in [0.29, 0.717) is 23.2 Å². The Bertz CT molecular complexity index is 506. The summed E-state index contributed by atoms with van der Waals surface area (Å²) >= 11 is 3.16. The summed E-state index contributed by atoms with van der Waals surface area (Å²) in [6.45, 7) is 0.935. The van der Waals surface area contributed by atoms with Gasteiger partial charge in [0.1, 0.15) is 5.75 Å². The summed E-state index contributed by atoms with van der Waals surface area (Å²) in [5.41, 5.74) is 0.344. The maximum atomic E-state index is 12.4. The van der Waals surface area contributed by atoms with Crippen molar-refractivity contribution in [2.24, 2.45) is 0 Å². The lowest BCUT2D eigenvalue weighted by Gasteiger charge is -2.22. The van der Waals surface area contributed by atoms with Crippen molar-refractivity contribution in [3.05, 3.63) is 28.2 Å². The van der Waals surface area contributed by atoms with E-state index in [4.69, 9.17) is 4.74 Å². The Hall–Kier alpha value is -1.60. The van der Waals surface area contributed by atoms with E-state index in [1.807, 2.05) is 0 Å². The number of methoxy groups -OCH3 is 2. The van der Waals surface area contributed by atoms with Crippen molar-refractivity contribution in [1.29, 1.82) is 0 Å². The number of hydrogen-bond donors (Lipinski definition) is 1. The predicted octanol–water partition coefficient (Wildman–Crippen LogP) is 1.81. The molecule has 0 radical (unpaired) electrons. The molecule has 0 saturated heterocycles. The second-order valence-electron chi connectivity index (χ2n) is 4.28. The van der Waals surface area contributed by atoms with Crippen LogP contribution in [0.4, 0.5) is 0 Å². The smallest absolute Gasteiger partial charge is 0.307 e. The lowest BCUT2D eigenvalue weighted by Crippen LogP contribution is -2.35. The number of aromatic hydroxyl groups is 1. The van der Waals surface area contributed by atoms with Crippen LogP contribution in [0.5, 0.6) is 5.75 Å². The summed E-state index contributed by atoms with van der Waals surface area (Å²) in [6.07, 6.45) is 0.106. The minimum atomic E-state index is -0.385. The number of carbonyl (C=O) groups excluding carboxylic acids is 2. The first kappa shape index (κ1) is 17.5. The number of phenols is 1. The highest BCUT2D eigenvalue weighted by molar-refractivity contribution is 9.10. The monoisotopic (exact) mass is 359 g/mol. The van der Waals surface area contributed by atoms with E-state index < -0.39 is 0 Å². The van der Waals surface area contributed by atoms with Crippen molar-refractivity contribution in [3.8, 4) is 5.75 Å². The van der Waals surface area contributed by atoms with Crippen molar-refractivity contribution < 1.29 is 24.2 Å². The van der Waals surface area contributed by atoms with Crippen LogP contribution >= 0.6 is 15.9 Å². The molecule has 1 aromatic carbocycles. The number of rotatable bonds is 7. The van der Waals surface area contributed by atoms with Crippen molar-refractivity contribution in [2.45, 2.75) is 6.42 Å². The lowest BCUT2D eigenvalue weighted by molar-refractivity contribution is -0.140. The van der Waals surface area contributed by atoms with Crippen molar-refractivity contribution in [2.75, 3.05) is 33.9 Å². The summed E-state index contributed by atoms with van der Waals surface area (Å²) in [5.74, 6) is -0.678. The van der Waals surface area contributed by atoms with Gasteiger partial charge in [0.2, 0.25) is 0 Å². The molecule has 1 aromatic rings. The Balaban J connectivity index is 2.82. The maximum absolute atomic E-state index is 12.4. The highest BCUT2D eigenvalue weighted by atomic mass is 79.9. The fraction of sp³-hybridized carbons (Fsp3) is 0.429. The molecule has 1 amide bonds. The van der Waals surface area contributed by atoms with Gasteiger partial charge in [-0.2, -0.15) is 0 Å². The van der Waals surface area contributed by atoms with Gasteiger partial charge in [0.25, 0.3) is 5.91 Å². The van der Waals surface area contributed by atoms with Gasteiger partial charge in [0, 0.05) is 25.8 Å². The zero-order valence-corrected chi connectivity index (χ0v) is 13.6. The summed E-state index contributed by atoms with van der Waals surface area (Å²) in [4.78, 5) is 25.1. The summed E-state index contributed by atoms with van der Waals surface area (Å²) in [6, 6.07) is 4.58. The third-order valence-electron chi connectivity index (χ3n) is 2.86. The van der Waals surface area contributed by atoms with Crippen LogP contribution in [-0.4, -0.2) is 55.8 Å². The first-order valence-electron chi connectivity index (χ1n) is 6.33. The number of carbonyl (C=O) groups is 2. The van der Waals surface area contributed by atoms with E-state index in [9.17, 15) is 14.7 Å².